The number of hydrogen-bond donors (Lipinski definition) is 1. The first-order chi connectivity index (χ1) is 16.5. The molecule has 0 radical (unpaired) electrons. The number of fused-ring (bicyclic) bond motifs is 1. The lowest BCUT2D eigenvalue weighted by Gasteiger charge is -2.12. The quantitative estimate of drug-likeness (QED) is 0.280. The van der Waals surface area contributed by atoms with E-state index < -0.39 is 0 Å². The van der Waals surface area contributed by atoms with Gasteiger partial charge in [0, 0.05) is 30.1 Å². The van der Waals surface area contributed by atoms with Gasteiger partial charge < -0.3 is 14.6 Å². The predicted molar refractivity (Wildman–Crippen MR) is 138 cm³/mol. The third-order valence-electron chi connectivity index (χ3n) is 5.86. The van der Waals surface area contributed by atoms with Gasteiger partial charge in [0.05, 0.1) is 17.6 Å². The van der Waals surface area contributed by atoms with E-state index in [9.17, 15) is 4.79 Å². The van der Waals surface area contributed by atoms with E-state index in [1.807, 2.05) is 74.5 Å². The lowest BCUT2D eigenvalue weighted by molar-refractivity contribution is 0.0954. The molecule has 0 spiro atoms. The average Bonchev–Trinajstić information content (AvgIpc) is 3.20. The van der Waals surface area contributed by atoms with Crippen molar-refractivity contribution in [2.75, 3.05) is 13.2 Å². The Hall–Kier alpha value is -3.31. The molecule has 176 valence electrons. The number of unbranched alkanes of at least 4 members (excludes halogenated alkanes) is 1. The first-order valence-electron chi connectivity index (χ1n) is 11.7. The number of hydrogen-bond acceptors (Lipinski definition) is 3. The van der Waals surface area contributed by atoms with Crippen molar-refractivity contribution in [3.8, 4) is 5.75 Å². The summed E-state index contributed by atoms with van der Waals surface area (Å²) in [7, 11) is 0. The van der Waals surface area contributed by atoms with Crippen molar-refractivity contribution < 1.29 is 9.53 Å². The average molecular weight is 476 g/mol. The van der Waals surface area contributed by atoms with Gasteiger partial charge in [0.25, 0.3) is 5.91 Å². The molecule has 1 heterocycles. The number of benzene rings is 3. The fraction of sp³-hybridized carbons (Fsp3) is 0.286. The monoisotopic (exact) mass is 475 g/mol. The maximum absolute atomic E-state index is 12.4. The maximum Gasteiger partial charge on any atom is 0.251 e. The number of aryl methyl sites for hydroxylation is 3. The molecule has 0 bridgehead atoms. The summed E-state index contributed by atoms with van der Waals surface area (Å²) in [5.41, 5.74) is 4.84. The third kappa shape index (κ3) is 5.78. The SMILES string of the molecule is Cc1cc(OCCCCn2c(CCNC(=O)c3ccccc3)nc3ccccc32)cc(C)c1Cl. The van der Waals surface area contributed by atoms with Crippen LogP contribution in [0.5, 0.6) is 5.75 Å². The van der Waals surface area contributed by atoms with Gasteiger partial charge in [0.1, 0.15) is 11.6 Å². The van der Waals surface area contributed by atoms with Gasteiger partial charge in [0.15, 0.2) is 0 Å². The van der Waals surface area contributed by atoms with Gasteiger partial charge >= 0.3 is 0 Å². The van der Waals surface area contributed by atoms with Crippen LogP contribution >= 0.6 is 11.6 Å². The second-order valence-electron chi connectivity index (χ2n) is 8.47. The molecule has 5 nitrogen and oxygen atoms in total. The minimum absolute atomic E-state index is 0.0620. The van der Waals surface area contributed by atoms with Crippen molar-refractivity contribution in [3.05, 3.63) is 94.3 Å². The number of rotatable bonds is 10. The molecule has 4 rings (SSSR count). The highest BCUT2D eigenvalue weighted by Crippen LogP contribution is 2.26. The summed E-state index contributed by atoms with van der Waals surface area (Å²) in [6.45, 7) is 6.03. The molecule has 0 unspecified atom stereocenters. The topological polar surface area (TPSA) is 56.1 Å². The Morgan fingerprint density at radius 3 is 2.47 bits per heavy atom. The van der Waals surface area contributed by atoms with Gasteiger partial charge in [-0.1, -0.05) is 41.9 Å². The van der Waals surface area contributed by atoms with Crippen molar-refractivity contribution in [1.82, 2.24) is 14.9 Å². The summed E-state index contributed by atoms with van der Waals surface area (Å²) in [5, 5.41) is 3.80. The van der Waals surface area contributed by atoms with Gasteiger partial charge in [-0.3, -0.25) is 4.79 Å². The number of nitrogens with zero attached hydrogens (tertiary/aromatic N) is 2. The summed E-state index contributed by atoms with van der Waals surface area (Å²) in [6.07, 6.45) is 2.57. The second kappa shape index (κ2) is 11.2. The summed E-state index contributed by atoms with van der Waals surface area (Å²) in [4.78, 5) is 17.2. The Bertz CT molecular complexity index is 1240. The molecular weight excluding hydrogens is 446 g/mol. The fourth-order valence-corrected chi connectivity index (χ4v) is 4.21. The minimum Gasteiger partial charge on any atom is -0.494 e. The lowest BCUT2D eigenvalue weighted by atomic mass is 10.1. The highest BCUT2D eigenvalue weighted by molar-refractivity contribution is 6.32. The molecule has 1 N–H and O–H groups in total. The van der Waals surface area contributed by atoms with Crippen LogP contribution in [0.3, 0.4) is 0 Å². The molecule has 34 heavy (non-hydrogen) atoms. The number of nitrogens with one attached hydrogen (secondary N) is 1. The van der Waals surface area contributed by atoms with Crippen LogP contribution in [0.1, 0.15) is 40.2 Å². The van der Waals surface area contributed by atoms with Crippen molar-refractivity contribution in [2.24, 2.45) is 0 Å². The zero-order chi connectivity index (χ0) is 23.9. The van der Waals surface area contributed by atoms with E-state index in [0.717, 1.165) is 58.1 Å². The van der Waals surface area contributed by atoms with Crippen LogP contribution in [0.25, 0.3) is 11.0 Å². The molecule has 0 fully saturated rings. The Morgan fingerprint density at radius 1 is 1.00 bits per heavy atom. The van der Waals surface area contributed by atoms with E-state index in [4.69, 9.17) is 21.3 Å². The van der Waals surface area contributed by atoms with Gasteiger partial charge in [-0.15, -0.1) is 0 Å². The number of amides is 1. The standard InChI is InChI=1S/C28H30ClN3O2/c1-20-18-23(19-21(2)27(20)29)34-17-9-8-16-32-25-13-7-6-12-24(25)31-26(32)14-15-30-28(33)22-10-4-3-5-11-22/h3-7,10-13,18-19H,8-9,14-17H2,1-2H3,(H,30,33). The van der Waals surface area contributed by atoms with E-state index in [1.165, 1.54) is 0 Å². The van der Waals surface area contributed by atoms with Crippen molar-refractivity contribution in [3.63, 3.8) is 0 Å². The molecule has 6 heteroatoms. The summed E-state index contributed by atoms with van der Waals surface area (Å²) < 4.78 is 8.23. The number of carbonyl (C=O) groups is 1. The van der Waals surface area contributed by atoms with Crippen LogP contribution in [0, 0.1) is 13.8 Å². The summed E-state index contributed by atoms with van der Waals surface area (Å²) in [6, 6.07) is 21.4. The van der Waals surface area contributed by atoms with Gasteiger partial charge in [-0.05, 0) is 74.2 Å². The number of aromatic nitrogens is 2. The zero-order valence-corrected chi connectivity index (χ0v) is 20.4. The molecule has 0 aliphatic carbocycles. The number of para-hydroxylation sites is 2. The minimum atomic E-state index is -0.0620. The van der Waals surface area contributed by atoms with Crippen molar-refractivity contribution >= 4 is 28.5 Å². The van der Waals surface area contributed by atoms with E-state index in [-0.39, 0.29) is 5.91 Å². The van der Waals surface area contributed by atoms with E-state index in [1.54, 1.807) is 0 Å². The largest absolute Gasteiger partial charge is 0.494 e. The molecule has 1 aromatic heterocycles. The molecular formula is C28H30ClN3O2. The van der Waals surface area contributed by atoms with Gasteiger partial charge in [-0.25, -0.2) is 4.98 Å². The van der Waals surface area contributed by atoms with E-state index in [0.29, 0.717) is 25.1 Å². The number of ether oxygens (including phenoxy) is 1. The molecule has 4 aromatic rings. The Kier molecular flexibility index (Phi) is 7.86. The van der Waals surface area contributed by atoms with Crippen LogP contribution < -0.4 is 10.1 Å². The summed E-state index contributed by atoms with van der Waals surface area (Å²) in [5.74, 6) is 1.79. The number of carbonyl (C=O) groups excluding carboxylic acids is 1. The maximum atomic E-state index is 12.4. The van der Waals surface area contributed by atoms with Crippen LogP contribution in [0.2, 0.25) is 5.02 Å². The first-order valence-corrected chi connectivity index (χ1v) is 12.1. The van der Waals surface area contributed by atoms with Gasteiger partial charge in [-0.2, -0.15) is 0 Å². The van der Waals surface area contributed by atoms with Crippen LogP contribution in [-0.2, 0) is 13.0 Å². The number of halogens is 1. The molecule has 0 atom stereocenters. The Morgan fingerprint density at radius 2 is 1.71 bits per heavy atom. The van der Waals surface area contributed by atoms with Gasteiger partial charge in [0.2, 0.25) is 0 Å². The molecule has 0 saturated heterocycles. The molecule has 0 saturated carbocycles. The number of imidazole rings is 1. The Labute approximate surface area is 205 Å². The molecule has 0 aliphatic heterocycles. The molecule has 0 aliphatic rings. The van der Waals surface area contributed by atoms with E-state index >= 15 is 0 Å². The normalized spacial score (nSPS) is 11.0. The smallest absolute Gasteiger partial charge is 0.251 e. The predicted octanol–water partition coefficient (Wildman–Crippen LogP) is 6.14. The molecule has 1 amide bonds. The van der Waals surface area contributed by atoms with Crippen molar-refractivity contribution in [2.45, 2.75) is 39.7 Å². The van der Waals surface area contributed by atoms with E-state index in [2.05, 4.69) is 16.0 Å². The first kappa shape index (κ1) is 23.8. The van der Waals surface area contributed by atoms with Crippen molar-refractivity contribution in [1.29, 1.82) is 0 Å². The molecule has 3 aromatic carbocycles. The lowest BCUT2D eigenvalue weighted by Crippen LogP contribution is -2.26. The Balaban J connectivity index is 1.33. The summed E-state index contributed by atoms with van der Waals surface area (Å²) >= 11 is 6.25. The van der Waals surface area contributed by atoms with Crippen LogP contribution in [0.4, 0.5) is 0 Å². The third-order valence-corrected chi connectivity index (χ3v) is 6.45. The zero-order valence-electron chi connectivity index (χ0n) is 19.7. The fourth-order valence-electron chi connectivity index (χ4n) is 4.10. The highest BCUT2D eigenvalue weighted by Gasteiger charge is 2.11. The second-order valence-corrected chi connectivity index (χ2v) is 8.84. The van der Waals surface area contributed by atoms with Crippen LogP contribution in [0.15, 0.2) is 66.7 Å². The highest BCUT2D eigenvalue weighted by atomic mass is 35.5. The van der Waals surface area contributed by atoms with Crippen LogP contribution in [-0.4, -0.2) is 28.6 Å².